The summed E-state index contributed by atoms with van der Waals surface area (Å²) >= 11 is 0. The van der Waals surface area contributed by atoms with Crippen LogP contribution in [0.2, 0.25) is 0 Å². The lowest BCUT2D eigenvalue weighted by Gasteiger charge is -2.38. The number of carbonyl (C=O) groups is 1. The highest BCUT2D eigenvalue weighted by molar-refractivity contribution is 5.84. The molecular weight excluding hydrogens is 355 g/mol. The largest absolute Gasteiger partial charge is 0.416 e. The van der Waals surface area contributed by atoms with E-state index in [1.54, 1.807) is 0 Å². The maximum Gasteiger partial charge on any atom is 0.416 e. The second kappa shape index (κ2) is 7.26. The molecule has 1 aromatic rings. The molecule has 2 N–H and O–H groups in total. The van der Waals surface area contributed by atoms with Crippen LogP contribution in [0.5, 0.6) is 0 Å². The summed E-state index contributed by atoms with van der Waals surface area (Å²) in [4.78, 5) is 19.1. The summed E-state index contributed by atoms with van der Waals surface area (Å²) in [5.74, 6) is 0.326. The van der Waals surface area contributed by atoms with Crippen molar-refractivity contribution in [3.63, 3.8) is 0 Å². The van der Waals surface area contributed by atoms with Gasteiger partial charge in [-0.05, 0) is 49.3 Å². The molecule has 0 radical (unpaired) electrons. The summed E-state index contributed by atoms with van der Waals surface area (Å²) in [6.07, 6.45) is 1.47. The van der Waals surface area contributed by atoms with Gasteiger partial charge in [0.1, 0.15) is 0 Å². The van der Waals surface area contributed by atoms with Gasteiger partial charge in [0.05, 0.1) is 16.7 Å². The van der Waals surface area contributed by atoms with Crippen LogP contribution in [0.1, 0.15) is 50.8 Å². The van der Waals surface area contributed by atoms with Gasteiger partial charge in [-0.25, -0.2) is 0 Å². The van der Waals surface area contributed by atoms with E-state index >= 15 is 0 Å². The molecule has 7 heteroatoms. The summed E-state index contributed by atoms with van der Waals surface area (Å²) in [5.41, 5.74) is 6.05. The molecule has 1 amide bonds. The highest BCUT2D eigenvalue weighted by atomic mass is 19.4. The molecule has 1 saturated carbocycles. The summed E-state index contributed by atoms with van der Waals surface area (Å²) < 4.78 is 38.7. The first-order valence-corrected chi connectivity index (χ1v) is 9.41. The molecule has 1 aromatic heterocycles. The molecule has 2 aliphatic rings. The topological polar surface area (TPSA) is 59.2 Å². The van der Waals surface area contributed by atoms with E-state index in [9.17, 15) is 18.0 Å². The zero-order valence-electron chi connectivity index (χ0n) is 15.7. The SMILES string of the molecule is CC(C)C1(C(=O)N2CC=C(c3cc(C(F)(F)F)ccn3)CC2)CCC(N)C1. The third kappa shape index (κ3) is 3.88. The third-order valence-electron chi connectivity index (χ3n) is 6.03. The third-order valence-corrected chi connectivity index (χ3v) is 6.03. The first-order chi connectivity index (χ1) is 12.6. The van der Waals surface area contributed by atoms with E-state index in [1.165, 1.54) is 6.20 Å². The van der Waals surface area contributed by atoms with Gasteiger partial charge < -0.3 is 10.6 Å². The molecule has 4 nitrogen and oxygen atoms in total. The van der Waals surface area contributed by atoms with Crippen LogP contribution in [0, 0.1) is 11.3 Å². The summed E-state index contributed by atoms with van der Waals surface area (Å²) in [6, 6.07) is 2.11. The molecule has 1 fully saturated rings. The molecular formula is C20H26F3N3O. The van der Waals surface area contributed by atoms with Crippen molar-refractivity contribution in [1.82, 2.24) is 9.88 Å². The minimum absolute atomic E-state index is 0.0570. The van der Waals surface area contributed by atoms with E-state index in [0.717, 1.165) is 30.5 Å². The zero-order valence-corrected chi connectivity index (χ0v) is 15.7. The normalized spacial score (nSPS) is 26.4. The molecule has 3 rings (SSSR count). The Bertz CT molecular complexity index is 744. The smallest absolute Gasteiger partial charge is 0.338 e. The van der Waals surface area contributed by atoms with Gasteiger partial charge in [0, 0.05) is 25.3 Å². The average Bonchev–Trinajstić information content (AvgIpc) is 3.04. The van der Waals surface area contributed by atoms with E-state index in [1.807, 2.05) is 11.0 Å². The lowest BCUT2D eigenvalue weighted by atomic mass is 9.74. The molecule has 0 aromatic carbocycles. The van der Waals surface area contributed by atoms with Gasteiger partial charge in [-0.2, -0.15) is 13.2 Å². The maximum atomic E-state index is 13.2. The summed E-state index contributed by atoms with van der Waals surface area (Å²) in [6.45, 7) is 5.02. The zero-order chi connectivity index (χ0) is 19.8. The van der Waals surface area contributed by atoms with Crippen LogP contribution in [0.4, 0.5) is 13.2 Å². The molecule has 27 heavy (non-hydrogen) atoms. The number of hydrogen-bond acceptors (Lipinski definition) is 3. The summed E-state index contributed by atoms with van der Waals surface area (Å²) in [5, 5.41) is 0. The van der Waals surface area contributed by atoms with Gasteiger partial charge >= 0.3 is 6.18 Å². The van der Waals surface area contributed by atoms with Crippen LogP contribution >= 0.6 is 0 Å². The standard InChI is InChI=1S/C20H26F3N3O/c1-13(2)19(7-3-16(24)12-19)18(27)26-9-5-14(6-10-26)17-11-15(4-8-25-17)20(21,22)23/h4-5,8,11,13,16H,3,6-7,9-10,12,24H2,1-2H3. The Kier molecular flexibility index (Phi) is 5.34. The van der Waals surface area contributed by atoms with E-state index in [-0.39, 0.29) is 17.9 Å². The second-order valence-electron chi connectivity index (χ2n) is 7.97. The first kappa shape index (κ1) is 19.9. The van der Waals surface area contributed by atoms with E-state index in [4.69, 9.17) is 5.73 Å². The van der Waals surface area contributed by atoms with Crippen molar-refractivity contribution < 1.29 is 18.0 Å². The number of alkyl halides is 3. The van der Waals surface area contributed by atoms with E-state index < -0.39 is 17.2 Å². The molecule has 0 spiro atoms. The molecule has 148 valence electrons. The number of halogens is 3. The summed E-state index contributed by atoms with van der Waals surface area (Å²) in [7, 11) is 0. The number of carbonyl (C=O) groups excluding carboxylic acids is 1. The number of amides is 1. The minimum Gasteiger partial charge on any atom is -0.338 e. The molecule has 1 aliphatic heterocycles. The van der Waals surface area contributed by atoms with Crippen molar-refractivity contribution in [2.45, 2.75) is 51.7 Å². The quantitative estimate of drug-likeness (QED) is 0.865. The monoisotopic (exact) mass is 381 g/mol. The van der Waals surface area contributed by atoms with Crippen molar-refractivity contribution in [2.75, 3.05) is 13.1 Å². The van der Waals surface area contributed by atoms with Crippen LogP contribution in [0.3, 0.4) is 0 Å². The Labute approximate surface area is 157 Å². The fraction of sp³-hybridized carbons (Fsp3) is 0.600. The van der Waals surface area contributed by atoms with Crippen molar-refractivity contribution >= 4 is 11.5 Å². The molecule has 2 unspecified atom stereocenters. The van der Waals surface area contributed by atoms with Crippen molar-refractivity contribution in [3.05, 3.63) is 35.7 Å². The Morgan fingerprint density at radius 2 is 2.15 bits per heavy atom. The van der Waals surface area contributed by atoms with E-state index in [0.29, 0.717) is 31.6 Å². The highest BCUT2D eigenvalue weighted by Crippen LogP contribution is 2.45. The van der Waals surface area contributed by atoms with Crippen LogP contribution in [0.25, 0.3) is 5.57 Å². The Morgan fingerprint density at radius 1 is 1.41 bits per heavy atom. The first-order valence-electron chi connectivity index (χ1n) is 9.41. The molecule has 2 atom stereocenters. The van der Waals surface area contributed by atoms with Crippen LogP contribution in [0.15, 0.2) is 24.4 Å². The van der Waals surface area contributed by atoms with Gasteiger partial charge in [0.2, 0.25) is 5.91 Å². The van der Waals surface area contributed by atoms with Gasteiger partial charge in [-0.1, -0.05) is 19.9 Å². The molecule has 1 aliphatic carbocycles. The lowest BCUT2D eigenvalue weighted by Crippen LogP contribution is -2.47. The van der Waals surface area contributed by atoms with E-state index in [2.05, 4.69) is 18.8 Å². The molecule has 2 heterocycles. The highest BCUT2D eigenvalue weighted by Gasteiger charge is 2.48. The maximum absolute atomic E-state index is 13.2. The molecule has 0 bridgehead atoms. The van der Waals surface area contributed by atoms with Crippen LogP contribution in [-0.4, -0.2) is 34.9 Å². The number of hydrogen-bond donors (Lipinski definition) is 1. The van der Waals surface area contributed by atoms with Crippen molar-refractivity contribution in [1.29, 1.82) is 0 Å². The number of nitrogens with two attached hydrogens (primary N) is 1. The van der Waals surface area contributed by atoms with Crippen LogP contribution in [-0.2, 0) is 11.0 Å². The number of nitrogens with zero attached hydrogens (tertiary/aromatic N) is 2. The minimum atomic E-state index is -4.39. The van der Waals surface area contributed by atoms with Gasteiger partial charge in [-0.3, -0.25) is 9.78 Å². The fourth-order valence-electron chi connectivity index (χ4n) is 4.26. The van der Waals surface area contributed by atoms with Crippen LogP contribution < -0.4 is 5.73 Å². The Morgan fingerprint density at radius 3 is 2.67 bits per heavy atom. The fourth-order valence-corrected chi connectivity index (χ4v) is 4.26. The number of aromatic nitrogens is 1. The predicted molar refractivity (Wildman–Crippen MR) is 97.5 cm³/mol. The second-order valence-corrected chi connectivity index (χ2v) is 7.97. The predicted octanol–water partition coefficient (Wildman–Crippen LogP) is 3.87. The van der Waals surface area contributed by atoms with Crippen molar-refractivity contribution in [2.24, 2.45) is 17.1 Å². The Balaban J connectivity index is 1.76. The average molecular weight is 381 g/mol. The van der Waals surface area contributed by atoms with Gasteiger partial charge in [0.15, 0.2) is 0 Å². The Hall–Kier alpha value is -1.89. The van der Waals surface area contributed by atoms with Gasteiger partial charge in [-0.15, -0.1) is 0 Å². The van der Waals surface area contributed by atoms with Gasteiger partial charge in [0.25, 0.3) is 0 Å². The lowest BCUT2D eigenvalue weighted by molar-refractivity contribution is -0.144. The number of rotatable bonds is 3. The van der Waals surface area contributed by atoms with Crippen molar-refractivity contribution in [3.8, 4) is 0 Å². The molecule has 0 saturated heterocycles. The number of pyridine rings is 1.